The van der Waals surface area contributed by atoms with Gasteiger partial charge in [-0.1, -0.05) is 29.0 Å². The van der Waals surface area contributed by atoms with E-state index in [1.807, 2.05) is 6.92 Å². The summed E-state index contributed by atoms with van der Waals surface area (Å²) in [5, 5.41) is 14.2. The van der Waals surface area contributed by atoms with Crippen molar-refractivity contribution >= 4 is 22.4 Å². The maximum absolute atomic E-state index is 13.5. The predicted molar refractivity (Wildman–Crippen MR) is 85.9 cm³/mol. The van der Waals surface area contributed by atoms with E-state index in [-0.39, 0.29) is 10.8 Å². The van der Waals surface area contributed by atoms with Crippen molar-refractivity contribution in [2.45, 2.75) is 20.0 Å². The summed E-state index contributed by atoms with van der Waals surface area (Å²) in [7, 11) is 0. The van der Waals surface area contributed by atoms with E-state index in [9.17, 15) is 18.0 Å². The van der Waals surface area contributed by atoms with Crippen LogP contribution >= 0.6 is 11.3 Å². The van der Waals surface area contributed by atoms with Crippen LogP contribution in [0.2, 0.25) is 0 Å². The van der Waals surface area contributed by atoms with Crippen LogP contribution in [0.4, 0.5) is 18.3 Å². The zero-order valence-corrected chi connectivity index (χ0v) is 13.9. The number of alkyl halides is 3. The van der Waals surface area contributed by atoms with Crippen LogP contribution in [-0.2, 0) is 6.18 Å². The van der Waals surface area contributed by atoms with Gasteiger partial charge in [0, 0.05) is 0 Å². The summed E-state index contributed by atoms with van der Waals surface area (Å²) in [6.45, 7) is 3.49. The van der Waals surface area contributed by atoms with Crippen LogP contribution in [0.25, 0.3) is 5.69 Å². The van der Waals surface area contributed by atoms with Crippen LogP contribution in [0.1, 0.15) is 26.6 Å². The molecule has 3 aromatic rings. The zero-order chi connectivity index (χ0) is 18.2. The first-order chi connectivity index (χ1) is 11.8. The number of hydrogen-bond acceptors (Lipinski definition) is 5. The van der Waals surface area contributed by atoms with Crippen LogP contribution in [0, 0.1) is 13.8 Å². The van der Waals surface area contributed by atoms with Crippen LogP contribution < -0.4 is 5.32 Å². The average Bonchev–Trinajstić information content (AvgIpc) is 3.14. The van der Waals surface area contributed by atoms with E-state index in [0.29, 0.717) is 9.69 Å². The summed E-state index contributed by atoms with van der Waals surface area (Å²) in [6, 6.07) is 6.35. The summed E-state index contributed by atoms with van der Waals surface area (Å²) in [5.41, 5.74) is -0.617. The molecule has 10 heteroatoms. The lowest BCUT2D eigenvalue weighted by atomic mass is 10.2. The molecule has 0 saturated heterocycles. The molecule has 3 rings (SSSR count). The molecular weight excluding hydrogens is 355 g/mol. The summed E-state index contributed by atoms with van der Waals surface area (Å²) >= 11 is 1.07. The van der Waals surface area contributed by atoms with E-state index in [0.717, 1.165) is 23.1 Å². The monoisotopic (exact) mass is 367 g/mol. The molecule has 0 atom stereocenters. The zero-order valence-electron chi connectivity index (χ0n) is 13.1. The lowest BCUT2D eigenvalue weighted by molar-refractivity contribution is -0.143. The van der Waals surface area contributed by atoms with Crippen LogP contribution in [-0.4, -0.2) is 25.9 Å². The predicted octanol–water partition coefficient (Wildman–Crippen LogP) is 3.61. The molecule has 0 bridgehead atoms. The first kappa shape index (κ1) is 17.1. The van der Waals surface area contributed by atoms with Crippen LogP contribution in [0.15, 0.2) is 30.5 Å². The molecule has 0 fully saturated rings. The van der Waals surface area contributed by atoms with Crippen molar-refractivity contribution in [2.75, 3.05) is 5.32 Å². The summed E-state index contributed by atoms with van der Waals surface area (Å²) in [5.74, 6) is -0.943. The molecule has 0 aliphatic carbocycles. The molecule has 0 aliphatic rings. The molecule has 0 aliphatic heterocycles. The minimum absolute atomic E-state index is 0.124. The molecular formula is C15H12F3N5OS. The van der Waals surface area contributed by atoms with E-state index in [1.165, 1.54) is 12.1 Å². The molecule has 1 amide bonds. The maximum atomic E-state index is 13.5. The third kappa shape index (κ3) is 3.53. The van der Waals surface area contributed by atoms with Crippen molar-refractivity contribution in [1.29, 1.82) is 0 Å². The Morgan fingerprint density at radius 2 is 1.84 bits per heavy atom. The Morgan fingerprint density at radius 1 is 1.16 bits per heavy atom. The number of halogens is 3. The van der Waals surface area contributed by atoms with Gasteiger partial charge in [0.05, 0.1) is 17.4 Å². The fraction of sp³-hybridized carbons (Fsp3) is 0.200. The Hall–Kier alpha value is -2.75. The molecule has 0 radical (unpaired) electrons. The molecule has 6 nitrogen and oxygen atoms in total. The van der Waals surface area contributed by atoms with E-state index < -0.39 is 23.3 Å². The number of amides is 1. The SMILES string of the molecule is Cc1ccc(-n2ncc(C(=O)Nc3nnc(C)s3)c2C(F)(F)F)cc1. The summed E-state index contributed by atoms with van der Waals surface area (Å²) < 4.78 is 41.3. The van der Waals surface area contributed by atoms with E-state index in [4.69, 9.17) is 0 Å². The number of benzene rings is 1. The third-order valence-corrected chi connectivity index (χ3v) is 4.06. The Morgan fingerprint density at radius 3 is 2.40 bits per heavy atom. The van der Waals surface area contributed by atoms with E-state index in [1.54, 1.807) is 19.1 Å². The van der Waals surface area contributed by atoms with Gasteiger partial charge in [0.15, 0.2) is 5.69 Å². The van der Waals surface area contributed by atoms with Gasteiger partial charge in [0.25, 0.3) is 5.91 Å². The summed E-state index contributed by atoms with van der Waals surface area (Å²) in [4.78, 5) is 12.3. The van der Waals surface area contributed by atoms with Gasteiger partial charge in [0.1, 0.15) is 5.01 Å². The first-order valence-corrected chi connectivity index (χ1v) is 7.91. The maximum Gasteiger partial charge on any atom is 0.434 e. The first-order valence-electron chi connectivity index (χ1n) is 7.09. The Labute approximate surface area is 144 Å². The smallest absolute Gasteiger partial charge is 0.296 e. The number of nitrogens with one attached hydrogen (secondary N) is 1. The minimum atomic E-state index is -4.76. The number of aromatic nitrogens is 4. The Kier molecular flexibility index (Phi) is 4.29. The highest BCUT2D eigenvalue weighted by Gasteiger charge is 2.40. The van der Waals surface area contributed by atoms with Gasteiger partial charge in [-0.25, -0.2) is 4.68 Å². The highest BCUT2D eigenvalue weighted by atomic mass is 32.1. The van der Waals surface area contributed by atoms with Crippen molar-refractivity contribution in [3.05, 3.63) is 52.3 Å². The highest BCUT2D eigenvalue weighted by Crippen LogP contribution is 2.34. The number of anilines is 1. The van der Waals surface area contributed by atoms with E-state index >= 15 is 0 Å². The number of hydrogen-bond donors (Lipinski definition) is 1. The van der Waals surface area contributed by atoms with Gasteiger partial charge in [-0.05, 0) is 26.0 Å². The molecule has 0 saturated carbocycles. The second-order valence-electron chi connectivity index (χ2n) is 5.23. The second kappa shape index (κ2) is 6.28. The highest BCUT2D eigenvalue weighted by molar-refractivity contribution is 7.15. The number of carbonyl (C=O) groups excluding carboxylic acids is 1. The standard InChI is InChI=1S/C15H12F3N5OS/c1-8-3-5-10(6-4-8)23-12(15(16,17)18)11(7-19-23)13(24)20-14-22-21-9(2)25-14/h3-7H,1-2H3,(H,20,22,24). The third-order valence-electron chi connectivity index (χ3n) is 3.31. The van der Waals surface area contributed by atoms with Crippen molar-refractivity contribution in [1.82, 2.24) is 20.0 Å². The van der Waals surface area contributed by atoms with Gasteiger partial charge >= 0.3 is 6.18 Å². The van der Waals surface area contributed by atoms with Gasteiger partial charge in [-0.3, -0.25) is 10.1 Å². The lowest BCUT2D eigenvalue weighted by Gasteiger charge is -2.12. The number of nitrogens with zero attached hydrogens (tertiary/aromatic N) is 4. The molecule has 0 unspecified atom stereocenters. The van der Waals surface area contributed by atoms with Crippen LogP contribution in [0.5, 0.6) is 0 Å². The quantitative estimate of drug-likeness (QED) is 0.768. The van der Waals surface area contributed by atoms with Crippen molar-refractivity contribution in [3.8, 4) is 5.69 Å². The molecule has 2 heterocycles. The average molecular weight is 367 g/mol. The number of carbonyl (C=O) groups is 1. The van der Waals surface area contributed by atoms with Gasteiger partial charge in [-0.2, -0.15) is 18.3 Å². The number of aryl methyl sites for hydroxylation is 2. The largest absolute Gasteiger partial charge is 0.434 e. The fourth-order valence-corrected chi connectivity index (χ4v) is 2.77. The van der Waals surface area contributed by atoms with Gasteiger partial charge in [-0.15, -0.1) is 10.2 Å². The molecule has 130 valence electrons. The normalized spacial score (nSPS) is 11.6. The van der Waals surface area contributed by atoms with Crippen molar-refractivity contribution < 1.29 is 18.0 Å². The van der Waals surface area contributed by atoms with Gasteiger partial charge < -0.3 is 0 Å². The van der Waals surface area contributed by atoms with Crippen molar-refractivity contribution in [2.24, 2.45) is 0 Å². The van der Waals surface area contributed by atoms with Crippen LogP contribution in [0.3, 0.4) is 0 Å². The fourth-order valence-electron chi connectivity index (χ4n) is 2.18. The molecule has 1 aromatic carbocycles. The lowest BCUT2D eigenvalue weighted by Crippen LogP contribution is -2.20. The minimum Gasteiger partial charge on any atom is -0.296 e. The van der Waals surface area contributed by atoms with E-state index in [2.05, 4.69) is 20.6 Å². The molecule has 2 aromatic heterocycles. The Balaban J connectivity index is 2.02. The Bertz CT molecular complexity index is 914. The van der Waals surface area contributed by atoms with Gasteiger partial charge in [0.2, 0.25) is 5.13 Å². The molecule has 0 spiro atoms. The molecule has 25 heavy (non-hydrogen) atoms. The summed E-state index contributed by atoms with van der Waals surface area (Å²) in [6.07, 6.45) is -3.86. The molecule has 1 N–H and O–H groups in total. The topological polar surface area (TPSA) is 72.7 Å². The number of rotatable bonds is 3. The van der Waals surface area contributed by atoms with Crippen molar-refractivity contribution in [3.63, 3.8) is 0 Å². The second-order valence-corrected chi connectivity index (χ2v) is 6.41.